The van der Waals surface area contributed by atoms with Gasteiger partial charge in [-0.2, -0.15) is 0 Å². The number of thiophene rings is 1. The molecular formula is C54H32N2OS. The molecule has 4 heterocycles. The maximum atomic E-state index is 6.68. The zero-order valence-corrected chi connectivity index (χ0v) is 32.0. The molecule has 0 atom stereocenters. The van der Waals surface area contributed by atoms with E-state index in [1.807, 2.05) is 17.4 Å². The average molecular weight is 757 g/mol. The van der Waals surface area contributed by atoms with E-state index in [1.165, 1.54) is 86.2 Å². The molecule has 0 aliphatic carbocycles. The number of furan rings is 1. The third kappa shape index (κ3) is 4.49. The molecule has 0 unspecified atom stereocenters. The van der Waals surface area contributed by atoms with Gasteiger partial charge in [0.25, 0.3) is 0 Å². The van der Waals surface area contributed by atoms with Crippen LogP contribution in [-0.2, 0) is 0 Å². The quantitative estimate of drug-likeness (QED) is 0.175. The van der Waals surface area contributed by atoms with E-state index in [4.69, 9.17) is 4.42 Å². The zero-order valence-electron chi connectivity index (χ0n) is 31.2. The number of hydrogen-bond acceptors (Lipinski definition) is 2. The second kappa shape index (κ2) is 12.1. The van der Waals surface area contributed by atoms with E-state index >= 15 is 0 Å². The van der Waals surface area contributed by atoms with Gasteiger partial charge in [-0.15, -0.1) is 11.3 Å². The molecule has 3 nitrogen and oxygen atoms in total. The van der Waals surface area contributed by atoms with Gasteiger partial charge in [0.1, 0.15) is 11.2 Å². The van der Waals surface area contributed by atoms with Crippen LogP contribution in [0.3, 0.4) is 0 Å². The van der Waals surface area contributed by atoms with Crippen molar-refractivity contribution in [2.24, 2.45) is 0 Å². The van der Waals surface area contributed by atoms with Crippen molar-refractivity contribution in [2.45, 2.75) is 0 Å². The van der Waals surface area contributed by atoms with Crippen molar-refractivity contribution in [3.63, 3.8) is 0 Å². The Bertz CT molecular complexity index is 3800. The molecule has 0 saturated carbocycles. The van der Waals surface area contributed by atoms with Gasteiger partial charge in [0.2, 0.25) is 0 Å². The molecule has 9 aromatic carbocycles. The summed E-state index contributed by atoms with van der Waals surface area (Å²) in [5.74, 6) is 0. The Morgan fingerprint density at radius 1 is 0.345 bits per heavy atom. The van der Waals surface area contributed by atoms with Crippen LogP contribution in [0.2, 0.25) is 0 Å². The molecule has 0 fully saturated rings. The molecule has 0 radical (unpaired) electrons. The smallest absolute Gasteiger partial charge is 0.143 e. The van der Waals surface area contributed by atoms with Crippen LogP contribution >= 0.6 is 11.3 Å². The second-order valence-electron chi connectivity index (χ2n) is 15.3. The van der Waals surface area contributed by atoms with Crippen LogP contribution in [0.4, 0.5) is 0 Å². The fourth-order valence-corrected chi connectivity index (χ4v) is 10.7. The Labute approximate surface area is 336 Å². The highest BCUT2D eigenvalue weighted by Crippen LogP contribution is 2.46. The van der Waals surface area contributed by atoms with Gasteiger partial charge in [0, 0.05) is 75.0 Å². The van der Waals surface area contributed by atoms with Crippen LogP contribution in [-0.4, -0.2) is 9.13 Å². The van der Waals surface area contributed by atoms with Gasteiger partial charge in [0.05, 0.1) is 22.1 Å². The highest BCUT2D eigenvalue weighted by molar-refractivity contribution is 7.26. The van der Waals surface area contributed by atoms with E-state index in [0.29, 0.717) is 0 Å². The van der Waals surface area contributed by atoms with Gasteiger partial charge in [-0.3, -0.25) is 0 Å². The van der Waals surface area contributed by atoms with Crippen molar-refractivity contribution >= 4 is 97.1 Å². The monoisotopic (exact) mass is 756 g/mol. The largest absolute Gasteiger partial charge is 0.455 e. The Balaban J connectivity index is 1.07. The van der Waals surface area contributed by atoms with Gasteiger partial charge in [-0.05, 0) is 77.9 Å². The summed E-state index contributed by atoms with van der Waals surface area (Å²) in [7, 11) is 0. The van der Waals surface area contributed by atoms with Gasteiger partial charge in [-0.25, -0.2) is 0 Å². The summed E-state index contributed by atoms with van der Waals surface area (Å²) in [4.78, 5) is 0. The van der Waals surface area contributed by atoms with Gasteiger partial charge >= 0.3 is 0 Å². The van der Waals surface area contributed by atoms with Crippen molar-refractivity contribution in [2.75, 3.05) is 0 Å². The fraction of sp³-hybridized carbons (Fsp3) is 0. The van der Waals surface area contributed by atoms with Crippen molar-refractivity contribution in [1.29, 1.82) is 0 Å². The van der Waals surface area contributed by atoms with Crippen LogP contribution in [0.15, 0.2) is 199 Å². The predicted molar refractivity (Wildman–Crippen MR) is 246 cm³/mol. The fourth-order valence-electron chi connectivity index (χ4n) is 9.54. The lowest BCUT2D eigenvalue weighted by Crippen LogP contribution is -1.95. The number of hydrogen-bond donors (Lipinski definition) is 0. The third-order valence-electron chi connectivity index (χ3n) is 12.1. The molecule has 0 saturated heterocycles. The summed E-state index contributed by atoms with van der Waals surface area (Å²) in [6.45, 7) is 0. The molecule has 0 N–H and O–H groups in total. The Hall–Kier alpha value is -7.40. The topological polar surface area (TPSA) is 23.0 Å². The molecule has 13 rings (SSSR count). The minimum Gasteiger partial charge on any atom is -0.455 e. The molecule has 13 aromatic rings. The minimum atomic E-state index is 0.909. The van der Waals surface area contributed by atoms with Crippen molar-refractivity contribution in [3.05, 3.63) is 194 Å². The Kier molecular flexibility index (Phi) is 6.60. The summed E-state index contributed by atoms with van der Waals surface area (Å²) in [5, 5.41) is 9.77. The third-order valence-corrected chi connectivity index (χ3v) is 13.3. The van der Waals surface area contributed by atoms with Crippen LogP contribution in [0.5, 0.6) is 0 Å². The predicted octanol–water partition coefficient (Wildman–Crippen LogP) is 15.5. The zero-order chi connectivity index (χ0) is 37.9. The highest BCUT2D eigenvalue weighted by Gasteiger charge is 2.21. The Morgan fingerprint density at radius 3 is 1.81 bits per heavy atom. The van der Waals surface area contributed by atoms with Crippen molar-refractivity contribution in [1.82, 2.24) is 9.13 Å². The standard InChI is InChI=1S/C54H32N2OS/c1-2-13-35(14-3-1)55-48-22-9-5-16-38(48)44-29-33(26-28-49(44)55)34-25-27-39-37-15-4-8-21-47(37)56(50(39)30-34)36-31-45-41-18-7-11-24-52(41)58-54(45)46(32-36)43-20-12-19-42-40-17-6-10-23-51(40)57-53(42)43/h1-32H. The molecule has 0 aliphatic heterocycles. The van der Waals surface area contributed by atoms with E-state index in [-0.39, 0.29) is 0 Å². The lowest BCUT2D eigenvalue weighted by Gasteiger charge is -2.13. The molecule has 270 valence electrons. The summed E-state index contributed by atoms with van der Waals surface area (Å²) in [6.07, 6.45) is 0. The van der Waals surface area contributed by atoms with E-state index in [0.717, 1.165) is 33.2 Å². The van der Waals surface area contributed by atoms with E-state index in [2.05, 4.69) is 197 Å². The molecule has 0 bridgehead atoms. The molecule has 0 spiro atoms. The number of rotatable bonds is 4. The lowest BCUT2D eigenvalue weighted by atomic mass is 9.99. The molecule has 4 aromatic heterocycles. The summed E-state index contributed by atoms with van der Waals surface area (Å²) >= 11 is 1.86. The maximum Gasteiger partial charge on any atom is 0.143 e. The van der Waals surface area contributed by atoms with Crippen LogP contribution in [0, 0.1) is 0 Å². The number of fused-ring (bicyclic) bond motifs is 12. The van der Waals surface area contributed by atoms with E-state index < -0.39 is 0 Å². The van der Waals surface area contributed by atoms with Crippen LogP contribution in [0.25, 0.3) is 119 Å². The first kappa shape index (κ1) is 31.8. The second-order valence-corrected chi connectivity index (χ2v) is 16.3. The normalized spacial score (nSPS) is 12.1. The maximum absolute atomic E-state index is 6.68. The number of para-hydroxylation sites is 5. The molecular weight excluding hydrogens is 725 g/mol. The molecule has 4 heteroatoms. The van der Waals surface area contributed by atoms with Crippen molar-refractivity contribution < 1.29 is 4.42 Å². The molecule has 0 amide bonds. The average Bonchev–Trinajstić information content (AvgIpc) is 4.04. The van der Waals surface area contributed by atoms with Crippen LogP contribution < -0.4 is 0 Å². The summed E-state index contributed by atoms with van der Waals surface area (Å²) < 4.78 is 14.1. The first-order valence-corrected chi connectivity index (χ1v) is 20.6. The first-order valence-electron chi connectivity index (χ1n) is 19.8. The summed E-state index contributed by atoms with van der Waals surface area (Å²) in [6, 6.07) is 70.7. The number of aromatic nitrogens is 2. The molecule has 58 heavy (non-hydrogen) atoms. The minimum absolute atomic E-state index is 0.909. The van der Waals surface area contributed by atoms with Gasteiger partial charge in [-0.1, -0.05) is 127 Å². The summed E-state index contributed by atoms with van der Waals surface area (Å²) in [5.41, 5.74) is 13.6. The SMILES string of the molecule is c1ccc(-n2c3ccccc3c3cc(-c4ccc5c6ccccc6n(-c6cc(-c7cccc8c7oc7ccccc78)c7sc8ccccc8c7c6)c5c4)ccc32)cc1. The van der Waals surface area contributed by atoms with Crippen molar-refractivity contribution in [3.8, 4) is 33.6 Å². The van der Waals surface area contributed by atoms with Gasteiger partial charge < -0.3 is 13.6 Å². The van der Waals surface area contributed by atoms with Crippen LogP contribution in [0.1, 0.15) is 0 Å². The highest BCUT2D eigenvalue weighted by atomic mass is 32.1. The molecule has 0 aliphatic rings. The van der Waals surface area contributed by atoms with E-state index in [9.17, 15) is 0 Å². The Morgan fingerprint density at radius 2 is 0.966 bits per heavy atom. The lowest BCUT2D eigenvalue weighted by molar-refractivity contribution is 0.670. The number of nitrogens with zero attached hydrogens (tertiary/aromatic N) is 2. The van der Waals surface area contributed by atoms with E-state index in [1.54, 1.807) is 0 Å². The number of benzene rings is 9. The first-order chi connectivity index (χ1) is 28.8. The van der Waals surface area contributed by atoms with Gasteiger partial charge in [0.15, 0.2) is 0 Å².